The van der Waals surface area contributed by atoms with Crippen molar-refractivity contribution in [2.45, 2.75) is 6.42 Å². The third-order valence-electron chi connectivity index (χ3n) is 2.00. The molecule has 0 saturated carbocycles. The minimum Gasteiger partial charge on any atom is -0.241 e. The Hall–Kier alpha value is -1.37. The molecule has 1 N–H and O–H groups in total. The summed E-state index contributed by atoms with van der Waals surface area (Å²) in [7, 11) is 0. The number of allylic oxidation sites excluding steroid dienone is 1. The molecule has 0 spiro atoms. The molecule has 1 aromatic rings. The standard InChI is InChI=1S/C11H11N/c1-2-6-10(7-3-1)11-8-4-5-9-12-11/h1-4,6-8H,5,9H2/p+1. The van der Waals surface area contributed by atoms with Crippen LogP contribution in [0.5, 0.6) is 0 Å². The SMILES string of the molecule is C1=CC(c2ccccc2)=[NH+]CC1. The van der Waals surface area contributed by atoms with Crippen LogP contribution in [-0.2, 0) is 0 Å². The van der Waals surface area contributed by atoms with Crippen LogP contribution in [0.25, 0.3) is 0 Å². The fourth-order valence-corrected chi connectivity index (χ4v) is 1.37. The van der Waals surface area contributed by atoms with Crippen molar-refractivity contribution in [2.75, 3.05) is 6.54 Å². The van der Waals surface area contributed by atoms with Gasteiger partial charge in [-0.1, -0.05) is 24.3 Å². The molecule has 0 unspecified atom stereocenters. The molecule has 0 amide bonds. The summed E-state index contributed by atoms with van der Waals surface area (Å²) in [5.74, 6) is 0. The number of hydrogen-bond donors (Lipinski definition) is 1. The highest BCUT2D eigenvalue weighted by Gasteiger charge is 2.06. The Balaban J connectivity index is 2.31. The number of nitrogens with one attached hydrogen (secondary N) is 1. The second kappa shape index (κ2) is 3.35. The van der Waals surface area contributed by atoms with Crippen molar-refractivity contribution in [1.82, 2.24) is 0 Å². The van der Waals surface area contributed by atoms with E-state index in [9.17, 15) is 0 Å². The molecule has 1 aliphatic rings. The minimum absolute atomic E-state index is 1.06. The van der Waals surface area contributed by atoms with Gasteiger partial charge in [-0.2, -0.15) is 0 Å². The van der Waals surface area contributed by atoms with Gasteiger partial charge in [0, 0.05) is 18.1 Å². The fraction of sp³-hybridized carbons (Fsp3) is 0.182. The Morgan fingerprint density at radius 3 is 2.58 bits per heavy atom. The monoisotopic (exact) mass is 158 g/mol. The lowest BCUT2D eigenvalue weighted by atomic mass is 10.1. The summed E-state index contributed by atoms with van der Waals surface area (Å²) >= 11 is 0. The second-order valence-electron chi connectivity index (χ2n) is 2.90. The molecule has 2 rings (SSSR count). The van der Waals surface area contributed by atoms with Crippen LogP contribution in [0.3, 0.4) is 0 Å². The summed E-state index contributed by atoms with van der Waals surface area (Å²) in [6.07, 6.45) is 5.49. The molecule has 0 aliphatic carbocycles. The Kier molecular flexibility index (Phi) is 2.04. The highest BCUT2D eigenvalue weighted by atomic mass is 14.7. The van der Waals surface area contributed by atoms with Crippen molar-refractivity contribution in [2.24, 2.45) is 0 Å². The summed E-state index contributed by atoms with van der Waals surface area (Å²) in [6, 6.07) is 10.4. The summed E-state index contributed by atoms with van der Waals surface area (Å²) in [4.78, 5) is 3.37. The first-order chi connectivity index (χ1) is 5.97. The first-order valence-corrected chi connectivity index (χ1v) is 4.29. The molecule has 0 fully saturated rings. The van der Waals surface area contributed by atoms with E-state index in [1.54, 1.807) is 0 Å². The quantitative estimate of drug-likeness (QED) is 0.612. The fourth-order valence-electron chi connectivity index (χ4n) is 1.37. The van der Waals surface area contributed by atoms with E-state index in [4.69, 9.17) is 0 Å². The summed E-state index contributed by atoms with van der Waals surface area (Å²) in [5.41, 5.74) is 2.51. The smallest absolute Gasteiger partial charge is 0.205 e. The largest absolute Gasteiger partial charge is 0.241 e. The maximum Gasteiger partial charge on any atom is 0.205 e. The van der Waals surface area contributed by atoms with Gasteiger partial charge in [0.2, 0.25) is 5.71 Å². The lowest BCUT2D eigenvalue weighted by Crippen LogP contribution is -2.73. The molecule has 0 saturated heterocycles. The van der Waals surface area contributed by atoms with E-state index in [1.807, 2.05) is 6.07 Å². The molecule has 0 atom stereocenters. The first-order valence-electron chi connectivity index (χ1n) is 4.29. The average molecular weight is 158 g/mol. The van der Waals surface area contributed by atoms with Gasteiger partial charge < -0.3 is 0 Å². The van der Waals surface area contributed by atoms with E-state index >= 15 is 0 Å². The van der Waals surface area contributed by atoms with Gasteiger partial charge in [-0.3, -0.25) is 0 Å². The molecule has 1 heteroatoms. The van der Waals surface area contributed by atoms with Crippen molar-refractivity contribution >= 4 is 5.71 Å². The van der Waals surface area contributed by atoms with Gasteiger partial charge in [0.05, 0.1) is 0 Å². The van der Waals surface area contributed by atoms with Crippen molar-refractivity contribution in [3.63, 3.8) is 0 Å². The van der Waals surface area contributed by atoms with Crippen molar-refractivity contribution in [3.05, 3.63) is 48.0 Å². The van der Waals surface area contributed by atoms with Gasteiger partial charge in [-0.15, -0.1) is 0 Å². The number of benzene rings is 1. The van der Waals surface area contributed by atoms with Crippen molar-refractivity contribution < 1.29 is 4.99 Å². The van der Waals surface area contributed by atoms with Crippen LogP contribution in [0.1, 0.15) is 12.0 Å². The van der Waals surface area contributed by atoms with E-state index in [1.165, 1.54) is 11.3 Å². The van der Waals surface area contributed by atoms with Gasteiger partial charge in [0.1, 0.15) is 6.54 Å². The average Bonchev–Trinajstić information content (AvgIpc) is 2.21. The van der Waals surface area contributed by atoms with Crippen LogP contribution >= 0.6 is 0 Å². The van der Waals surface area contributed by atoms with E-state index in [-0.39, 0.29) is 0 Å². The molecule has 60 valence electrons. The predicted octanol–water partition coefficient (Wildman–Crippen LogP) is 0.516. The first kappa shape index (κ1) is 7.29. The van der Waals surface area contributed by atoms with Crippen LogP contribution in [0, 0.1) is 0 Å². The number of rotatable bonds is 1. The molecule has 1 heterocycles. The normalized spacial score (nSPS) is 15.8. The van der Waals surface area contributed by atoms with E-state index in [0.717, 1.165) is 13.0 Å². The Morgan fingerprint density at radius 2 is 1.92 bits per heavy atom. The molecule has 1 aromatic carbocycles. The van der Waals surface area contributed by atoms with Gasteiger partial charge in [-0.25, -0.2) is 4.99 Å². The molecule has 0 aromatic heterocycles. The van der Waals surface area contributed by atoms with Gasteiger partial charge in [-0.05, 0) is 12.1 Å². The maximum atomic E-state index is 3.37. The maximum absolute atomic E-state index is 3.37. The van der Waals surface area contributed by atoms with Crippen LogP contribution < -0.4 is 4.99 Å². The van der Waals surface area contributed by atoms with Crippen LogP contribution in [0.4, 0.5) is 0 Å². The highest BCUT2D eigenvalue weighted by Crippen LogP contribution is 1.99. The predicted molar refractivity (Wildman–Crippen MR) is 50.1 cm³/mol. The molecule has 0 radical (unpaired) electrons. The van der Waals surface area contributed by atoms with Crippen LogP contribution in [-0.4, -0.2) is 12.3 Å². The van der Waals surface area contributed by atoms with Crippen molar-refractivity contribution in [1.29, 1.82) is 0 Å². The van der Waals surface area contributed by atoms with Crippen molar-refractivity contribution in [3.8, 4) is 0 Å². The third kappa shape index (κ3) is 1.45. The Labute approximate surface area is 72.5 Å². The van der Waals surface area contributed by atoms with Gasteiger partial charge in [0.25, 0.3) is 0 Å². The summed E-state index contributed by atoms with van der Waals surface area (Å²) in [6.45, 7) is 1.06. The molecule has 0 bridgehead atoms. The topological polar surface area (TPSA) is 14.0 Å². The number of hydrogen-bond acceptors (Lipinski definition) is 0. The Morgan fingerprint density at radius 1 is 1.08 bits per heavy atom. The molecule has 1 aliphatic heterocycles. The van der Waals surface area contributed by atoms with Gasteiger partial charge >= 0.3 is 0 Å². The van der Waals surface area contributed by atoms with E-state index < -0.39 is 0 Å². The van der Waals surface area contributed by atoms with E-state index in [0.29, 0.717) is 0 Å². The zero-order chi connectivity index (χ0) is 8.23. The summed E-state index contributed by atoms with van der Waals surface area (Å²) in [5, 5.41) is 0. The zero-order valence-electron chi connectivity index (χ0n) is 6.96. The van der Waals surface area contributed by atoms with Gasteiger partial charge in [0.15, 0.2) is 0 Å². The van der Waals surface area contributed by atoms with Crippen LogP contribution in [0.15, 0.2) is 42.5 Å². The second-order valence-corrected chi connectivity index (χ2v) is 2.90. The Bertz CT molecular complexity index is 309. The lowest BCUT2D eigenvalue weighted by Gasteiger charge is -1.98. The van der Waals surface area contributed by atoms with E-state index in [2.05, 4.69) is 41.4 Å². The molecule has 1 nitrogen and oxygen atoms in total. The molecular weight excluding hydrogens is 146 g/mol. The zero-order valence-corrected chi connectivity index (χ0v) is 6.96. The van der Waals surface area contributed by atoms with Crippen LogP contribution in [0.2, 0.25) is 0 Å². The summed E-state index contributed by atoms with van der Waals surface area (Å²) < 4.78 is 0. The minimum atomic E-state index is 1.06. The lowest BCUT2D eigenvalue weighted by molar-refractivity contribution is -0.455. The molecular formula is C11H12N+. The highest BCUT2D eigenvalue weighted by molar-refractivity contribution is 6.04. The molecule has 12 heavy (non-hydrogen) atoms. The third-order valence-corrected chi connectivity index (χ3v) is 2.00.